The summed E-state index contributed by atoms with van der Waals surface area (Å²) in [6.07, 6.45) is 4.92. The average Bonchev–Trinajstić information content (AvgIpc) is 2.91. The van der Waals surface area contributed by atoms with Gasteiger partial charge in [-0.1, -0.05) is 36.7 Å². The molecule has 1 heterocycles. The molecule has 0 aromatic heterocycles. The monoisotopic (exact) mass is 530 g/mol. The third-order valence-electron chi connectivity index (χ3n) is 6.11. The lowest BCUT2D eigenvalue weighted by Gasteiger charge is -2.35. The van der Waals surface area contributed by atoms with Gasteiger partial charge in [0.15, 0.2) is 0 Å². The molecule has 9 heteroatoms. The van der Waals surface area contributed by atoms with Gasteiger partial charge in [0.05, 0.1) is 7.11 Å². The number of methoxy groups -OCH3 is 1. The van der Waals surface area contributed by atoms with Gasteiger partial charge in [0.25, 0.3) is 0 Å². The Balaban J connectivity index is 0.000000521. The maximum atomic E-state index is 12.6. The highest BCUT2D eigenvalue weighted by molar-refractivity contribution is 6.30. The molecule has 0 unspecified atom stereocenters. The SMILES string of the molecule is CCC(=O)N(CC1CCN(CCc2ccc(Cl)cc2)CC1)c1cccc(OC)c1.O=C(O)/C=C/C(=O)O. The molecule has 0 aliphatic carbocycles. The van der Waals surface area contributed by atoms with Gasteiger partial charge in [0.2, 0.25) is 5.91 Å². The summed E-state index contributed by atoms with van der Waals surface area (Å²) in [5, 5.41) is 16.4. The van der Waals surface area contributed by atoms with Crippen molar-refractivity contribution in [2.24, 2.45) is 5.92 Å². The number of carbonyl (C=O) groups excluding carboxylic acids is 1. The highest BCUT2D eigenvalue weighted by atomic mass is 35.5. The Labute approximate surface area is 223 Å². The summed E-state index contributed by atoms with van der Waals surface area (Å²) in [5.41, 5.74) is 2.26. The van der Waals surface area contributed by atoms with Crippen LogP contribution >= 0.6 is 11.6 Å². The zero-order valence-electron chi connectivity index (χ0n) is 21.3. The van der Waals surface area contributed by atoms with Crippen LogP contribution in [0.5, 0.6) is 5.75 Å². The van der Waals surface area contributed by atoms with Crippen molar-refractivity contribution in [3.8, 4) is 5.75 Å². The van der Waals surface area contributed by atoms with Gasteiger partial charge in [0.1, 0.15) is 5.75 Å². The first-order valence-electron chi connectivity index (χ1n) is 12.3. The van der Waals surface area contributed by atoms with Crippen LogP contribution in [0.3, 0.4) is 0 Å². The summed E-state index contributed by atoms with van der Waals surface area (Å²) in [6, 6.07) is 15.9. The minimum atomic E-state index is -1.26. The fourth-order valence-electron chi connectivity index (χ4n) is 4.05. The number of piperidine rings is 1. The van der Waals surface area contributed by atoms with Gasteiger partial charge in [-0.05, 0) is 68.1 Å². The molecule has 0 saturated carbocycles. The molecule has 2 N–H and O–H groups in total. The zero-order chi connectivity index (χ0) is 27.2. The number of benzene rings is 2. The van der Waals surface area contributed by atoms with E-state index < -0.39 is 11.9 Å². The van der Waals surface area contributed by atoms with Crippen molar-refractivity contribution >= 4 is 35.1 Å². The van der Waals surface area contributed by atoms with Crippen molar-refractivity contribution in [1.29, 1.82) is 0 Å². The van der Waals surface area contributed by atoms with E-state index in [1.165, 1.54) is 5.56 Å². The Morgan fingerprint density at radius 2 is 1.68 bits per heavy atom. The normalized spacial score (nSPS) is 14.0. The number of ether oxygens (including phenoxy) is 1. The third-order valence-corrected chi connectivity index (χ3v) is 6.37. The molecular formula is C28H35ClN2O6. The Morgan fingerprint density at radius 3 is 2.22 bits per heavy atom. The van der Waals surface area contributed by atoms with Crippen LogP contribution in [0.2, 0.25) is 5.02 Å². The molecule has 1 amide bonds. The van der Waals surface area contributed by atoms with Crippen LogP contribution in [0.1, 0.15) is 31.7 Å². The fraction of sp³-hybridized carbons (Fsp3) is 0.393. The summed E-state index contributed by atoms with van der Waals surface area (Å²) in [7, 11) is 1.66. The Hall–Kier alpha value is -3.36. The largest absolute Gasteiger partial charge is 0.497 e. The van der Waals surface area contributed by atoms with Crippen LogP contribution in [0.25, 0.3) is 0 Å². The number of amides is 1. The van der Waals surface area contributed by atoms with Crippen molar-refractivity contribution in [1.82, 2.24) is 4.90 Å². The van der Waals surface area contributed by atoms with Crippen molar-refractivity contribution in [2.75, 3.05) is 38.2 Å². The molecule has 8 nitrogen and oxygen atoms in total. The van der Waals surface area contributed by atoms with Crippen molar-refractivity contribution in [3.63, 3.8) is 0 Å². The summed E-state index contributed by atoms with van der Waals surface area (Å²) in [4.78, 5) is 36.2. The Morgan fingerprint density at radius 1 is 1.05 bits per heavy atom. The van der Waals surface area contributed by atoms with Gasteiger partial charge in [0, 0.05) is 48.4 Å². The molecule has 1 fully saturated rings. The zero-order valence-corrected chi connectivity index (χ0v) is 22.1. The van der Waals surface area contributed by atoms with E-state index in [0.717, 1.165) is 61.9 Å². The third kappa shape index (κ3) is 11.1. The second kappa shape index (κ2) is 15.7. The minimum Gasteiger partial charge on any atom is -0.497 e. The van der Waals surface area contributed by atoms with Gasteiger partial charge in [-0.25, -0.2) is 9.59 Å². The van der Waals surface area contributed by atoms with Gasteiger partial charge < -0.3 is 24.7 Å². The molecule has 37 heavy (non-hydrogen) atoms. The maximum Gasteiger partial charge on any atom is 0.328 e. The second-order valence-electron chi connectivity index (χ2n) is 8.73. The standard InChI is InChI=1S/C24H31ClN2O2.C4H4O4/c1-3-24(28)27(22-5-4-6-23(17-22)29-2)18-20-12-15-26(16-13-20)14-11-19-7-9-21(25)10-8-19;5-3(6)1-2-4(7)8/h4-10,17,20H,3,11-16,18H2,1-2H3;1-2H,(H,5,6)(H,7,8)/b;2-1+. The fourth-order valence-corrected chi connectivity index (χ4v) is 4.18. The Bertz CT molecular complexity index is 1030. The number of likely N-dealkylation sites (tertiary alicyclic amines) is 1. The van der Waals surface area contributed by atoms with E-state index in [2.05, 4.69) is 17.0 Å². The number of halogens is 1. The first-order valence-corrected chi connectivity index (χ1v) is 12.6. The number of hydrogen-bond acceptors (Lipinski definition) is 5. The highest BCUT2D eigenvalue weighted by Gasteiger charge is 2.24. The lowest BCUT2D eigenvalue weighted by molar-refractivity contribution is -0.134. The van der Waals surface area contributed by atoms with Gasteiger partial charge >= 0.3 is 11.9 Å². The average molecular weight is 531 g/mol. The van der Waals surface area contributed by atoms with Crippen LogP contribution in [-0.4, -0.2) is 66.2 Å². The summed E-state index contributed by atoms with van der Waals surface area (Å²) in [5.74, 6) is -1.03. The van der Waals surface area contributed by atoms with Crippen LogP contribution in [-0.2, 0) is 20.8 Å². The second-order valence-corrected chi connectivity index (χ2v) is 9.17. The molecule has 2 aromatic rings. The topological polar surface area (TPSA) is 107 Å². The molecule has 0 bridgehead atoms. The van der Waals surface area contributed by atoms with E-state index >= 15 is 0 Å². The van der Waals surface area contributed by atoms with Crippen LogP contribution < -0.4 is 9.64 Å². The van der Waals surface area contributed by atoms with E-state index in [1.54, 1.807) is 7.11 Å². The van der Waals surface area contributed by atoms with Gasteiger partial charge in [-0.15, -0.1) is 0 Å². The number of hydrogen-bond donors (Lipinski definition) is 2. The van der Waals surface area contributed by atoms with Crippen molar-refractivity contribution in [3.05, 3.63) is 71.3 Å². The molecular weight excluding hydrogens is 496 g/mol. The smallest absolute Gasteiger partial charge is 0.328 e. The van der Waals surface area contributed by atoms with Crippen molar-refractivity contribution in [2.45, 2.75) is 32.6 Å². The lowest BCUT2D eigenvalue weighted by atomic mass is 9.95. The van der Waals surface area contributed by atoms with E-state index in [4.69, 9.17) is 26.6 Å². The molecule has 1 aliphatic heterocycles. The molecule has 1 aliphatic rings. The van der Waals surface area contributed by atoms with E-state index in [-0.39, 0.29) is 5.91 Å². The first kappa shape index (κ1) is 29.9. The predicted molar refractivity (Wildman–Crippen MR) is 144 cm³/mol. The number of carboxylic acids is 2. The number of carbonyl (C=O) groups is 3. The van der Waals surface area contributed by atoms with Gasteiger partial charge in [-0.3, -0.25) is 4.79 Å². The predicted octanol–water partition coefficient (Wildman–Crippen LogP) is 4.76. The van der Waals surface area contributed by atoms with E-state index in [9.17, 15) is 14.4 Å². The summed E-state index contributed by atoms with van der Waals surface area (Å²) in [6.45, 7) is 5.95. The maximum absolute atomic E-state index is 12.6. The van der Waals surface area contributed by atoms with Crippen molar-refractivity contribution < 1.29 is 29.3 Å². The number of aliphatic carboxylic acids is 2. The summed E-state index contributed by atoms with van der Waals surface area (Å²) >= 11 is 5.97. The molecule has 0 atom stereocenters. The molecule has 200 valence electrons. The number of rotatable bonds is 10. The molecule has 3 rings (SSSR count). The number of anilines is 1. The number of nitrogens with zero attached hydrogens (tertiary/aromatic N) is 2. The Kier molecular flexibility index (Phi) is 12.7. The molecule has 2 aromatic carbocycles. The van der Waals surface area contributed by atoms with E-state index in [0.29, 0.717) is 24.5 Å². The highest BCUT2D eigenvalue weighted by Crippen LogP contribution is 2.26. The van der Waals surface area contributed by atoms with E-state index in [1.807, 2.05) is 48.2 Å². The van der Waals surface area contributed by atoms with Crippen LogP contribution in [0.15, 0.2) is 60.7 Å². The van der Waals surface area contributed by atoms with Gasteiger partial charge in [-0.2, -0.15) is 0 Å². The quantitative estimate of drug-likeness (QED) is 0.426. The molecule has 0 spiro atoms. The first-order chi connectivity index (χ1) is 17.7. The van der Waals surface area contributed by atoms with Crippen LogP contribution in [0.4, 0.5) is 5.69 Å². The van der Waals surface area contributed by atoms with Crippen LogP contribution in [0, 0.1) is 5.92 Å². The lowest BCUT2D eigenvalue weighted by Crippen LogP contribution is -2.41. The minimum absolute atomic E-state index is 0.170. The summed E-state index contributed by atoms with van der Waals surface area (Å²) < 4.78 is 5.34. The molecule has 1 saturated heterocycles. The molecule has 0 radical (unpaired) electrons. The number of carboxylic acid groups (broad SMARTS) is 2.